The molecule has 0 aliphatic heterocycles. The van der Waals surface area contributed by atoms with Crippen molar-refractivity contribution in [2.24, 2.45) is 11.8 Å². The molecule has 110 valence electrons. The summed E-state index contributed by atoms with van der Waals surface area (Å²) in [5, 5.41) is 6.35. The number of nitrogens with one attached hydrogen (secondary N) is 1. The Morgan fingerprint density at radius 1 is 1.50 bits per heavy atom. The third-order valence-corrected chi connectivity index (χ3v) is 3.21. The minimum Gasteiger partial charge on any atom is -0.360 e. The molecule has 1 aliphatic rings. The van der Waals surface area contributed by atoms with Crippen LogP contribution in [0.25, 0.3) is 0 Å². The summed E-state index contributed by atoms with van der Waals surface area (Å²) in [6, 6.07) is 1.65. The lowest BCUT2D eigenvalue weighted by Crippen LogP contribution is -2.41. The zero-order valence-corrected chi connectivity index (χ0v) is 12.2. The molecule has 1 fully saturated rings. The summed E-state index contributed by atoms with van der Waals surface area (Å²) in [6.45, 7) is 6.19. The summed E-state index contributed by atoms with van der Waals surface area (Å²) in [4.78, 5) is 25.7. The number of anilines is 1. The number of hydrogen-bond acceptors (Lipinski definition) is 4. The number of carbonyl (C=O) groups is 2. The van der Waals surface area contributed by atoms with Crippen LogP contribution in [0.2, 0.25) is 0 Å². The Labute approximate surface area is 118 Å². The first kappa shape index (κ1) is 14.6. The fraction of sp³-hybridized carbons (Fsp3) is 0.643. The minimum absolute atomic E-state index is 0.0170. The van der Waals surface area contributed by atoms with E-state index in [1.807, 2.05) is 13.8 Å². The molecule has 1 saturated carbocycles. The van der Waals surface area contributed by atoms with Crippen LogP contribution >= 0.6 is 0 Å². The highest BCUT2D eigenvalue weighted by atomic mass is 16.5. The third kappa shape index (κ3) is 4.08. The molecule has 0 radical (unpaired) electrons. The molecule has 20 heavy (non-hydrogen) atoms. The molecule has 1 aromatic heterocycles. The van der Waals surface area contributed by atoms with Gasteiger partial charge in [-0.2, -0.15) is 0 Å². The zero-order valence-electron chi connectivity index (χ0n) is 12.2. The van der Waals surface area contributed by atoms with Crippen molar-refractivity contribution in [2.75, 3.05) is 18.4 Å². The highest BCUT2D eigenvalue weighted by molar-refractivity contribution is 5.94. The highest BCUT2D eigenvalue weighted by Gasteiger charge is 2.29. The molecule has 0 saturated heterocycles. The fourth-order valence-corrected chi connectivity index (χ4v) is 1.99. The standard InChI is InChI=1S/C14H21N3O3/c1-9(2)14(19)17(7-11-4-5-11)8-13(18)15-12-6-10(3)20-16-12/h6,9,11H,4-5,7-8H2,1-3H3,(H,15,16,18). The van der Waals surface area contributed by atoms with Crippen LogP contribution in [0.1, 0.15) is 32.4 Å². The number of aryl methyl sites for hydroxylation is 1. The predicted octanol–water partition coefficient (Wildman–Crippen LogP) is 1.82. The normalized spacial score (nSPS) is 14.4. The second kappa shape index (κ2) is 6.07. The van der Waals surface area contributed by atoms with Crippen molar-refractivity contribution in [3.8, 4) is 0 Å². The predicted molar refractivity (Wildman–Crippen MR) is 74.0 cm³/mol. The first-order valence-corrected chi connectivity index (χ1v) is 6.97. The number of rotatable bonds is 6. The summed E-state index contributed by atoms with van der Waals surface area (Å²) in [7, 11) is 0. The van der Waals surface area contributed by atoms with Crippen molar-refractivity contribution in [3.63, 3.8) is 0 Å². The van der Waals surface area contributed by atoms with Crippen molar-refractivity contribution >= 4 is 17.6 Å². The van der Waals surface area contributed by atoms with E-state index in [4.69, 9.17) is 4.52 Å². The Morgan fingerprint density at radius 3 is 2.70 bits per heavy atom. The number of hydrogen-bond donors (Lipinski definition) is 1. The lowest BCUT2D eigenvalue weighted by molar-refractivity contribution is -0.137. The fourth-order valence-electron chi connectivity index (χ4n) is 1.99. The van der Waals surface area contributed by atoms with Crippen LogP contribution in [0.15, 0.2) is 10.6 Å². The number of carbonyl (C=O) groups excluding carboxylic acids is 2. The first-order chi connectivity index (χ1) is 9.45. The Bertz CT molecular complexity index is 492. The number of aromatic nitrogens is 1. The molecule has 6 nitrogen and oxygen atoms in total. The van der Waals surface area contributed by atoms with Gasteiger partial charge in [0.25, 0.3) is 0 Å². The van der Waals surface area contributed by atoms with Gasteiger partial charge in [0.2, 0.25) is 11.8 Å². The Kier molecular flexibility index (Phi) is 4.42. The van der Waals surface area contributed by atoms with Crippen molar-refractivity contribution in [1.82, 2.24) is 10.1 Å². The maximum absolute atomic E-state index is 12.1. The minimum atomic E-state index is -0.243. The third-order valence-electron chi connectivity index (χ3n) is 3.21. The Balaban J connectivity index is 1.92. The smallest absolute Gasteiger partial charge is 0.245 e. The molecule has 1 N–H and O–H groups in total. The maximum Gasteiger partial charge on any atom is 0.245 e. The van der Waals surface area contributed by atoms with Crippen LogP contribution in [-0.2, 0) is 9.59 Å². The number of amides is 2. The van der Waals surface area contributed by atoms with E-state index in [1.165, 1.54) is 0 Å². The second-order valence-corrected chi connectivity index (χ2v) is 5.69. The quantitative estimate of drug-likeness (QED) is 0.861. The van der Waals surface area contributed by atoms with Gasteiger partial charge < -0.3 is 14.7 Å². The Morgan fingerprint density at radius 2 is 2.20 bits per heavy atom. The van der Waals surface area contributed by atoms with E-state index in [9.17, 15) is 9.59 Å². The van der Waals surface area contributed by atoms with Crippen LogP contribution in [0.4, 0.5) is 5.82 Å². The van der Waals surface area contributed by atoms with Gasteiger partial charge in [-0.25, -0.2) is 0 Å². The number of nitrogens with zero attached hydrogens (tertiary/aromatic N) is 2. The molecule has 0 unspecified atom stereocenters. The monoisotopic (exact) mass is 279 g/mol. The molecule has 0 bridgehead atoms. The van der Waals surface area contributed by atoms with Crippen LogP contribution < -0.4 is 5.32 Å². The molecule has 1 heterocycles. The Hall–Kier alpha value is -1.85. The largest absolute Gasteiger partial charge is 0.360 e. The van der Waals surface area contributed by atoms with E-state index in [-0.39, 0.29) is 24.3 Å². The SMILES string of the molecule is Cc1cc(NC(=O)CN(CC2CC2)C(=O)C(C)C)no1. The van der Waals surface area contributed by atoms with Crippen molar-refractivity contribution < 1.29 is 14.1 Å². The van der Waals surface area contributed by atoms with Crippen molar-refractivity contribution in [3.05, 3.63) is 11.8 Å². The van der Waals surface area contributed by atoms with Crippen LogP contribution in [0.3, 0.4) is 0 Å². The van der Waals surface area contributed by atoms with Gasteiger partial charge in [0.05, 0.1) is 6.54 Å². The van der Waals surface area contributed by atoms with Crippen molar-refractivity contribution in [2.45, 2.75) is 33.6 Å². The summed E-state index contributed by atoms with van der Waals surface area (Å²) in [6.07, 6.45) is 2.29. The molecular weight excluding hydrogens is 258 g/mol. The molecule has 1 aromatic rings. The molecule has 0 atom stereocenters. The molecule has 0 spiro atoms. The van der Waals surface area contributed by atoms with Gasteiger partial charge in [-0.15, -0.1) is 0 Å². The van der Waals surface area contributed by atoms with E-state index in [0.717, 1.165) is 12.8 Å². The average Bonchev–Trinajstić information content (AvgIpc) is 3.10. The van der Waals surface area contributed by atoms with E-state index in [2.05, 4.69) is 10.5 Å². The zero-order chi connectivity index (χ0) is 14.7. The van der Waals surface area contributed by atoms with Crippen LogP contribution in [0, 0.1) is 18.8 Å². The topological polar surface area (TPSA) is 75.4 Å². The lowest BCUT2D eigenvalue weighted by atomic mass is 10.2. The highest BCUT2D eigenvalue weighted by Crippen LogP contribution is 2.30. The molecule has 0 aromatic carbocycles. The summed E-state index contributed by atoms with van der Waals surface area (Å²) in [5.74, 6) is 1.25. The maximum atomic E-state index is 12.1. The van der Waals surface area contributed by atoms with E-state index in [1.54, 1.807) is 17.9 Å². The van der Waals surface area contributed by atoms with Crippen LogP contribution in [-0.4, -0.2) is 35.0 Å². The molecule has 2 rings (SSSR count). The second-order valence-electron chi connectivity index (χ2n) is 5.69. The molecular formula is C14H21N3O3. The van der Waals surface area contributed by atoms with E-state index in [0.29, 0.717) is 24.0 Å². The van der Waals surface area contributed by atoms with Crippen LogP contribution in [0.5, 0.6) is 0 Å². The average molecular weight is 279 g/mol. The van der Waals surface area contributed by atoms with Gasteiger partial charge in [-0.1, -0.05) is 19.0 Å². The summed E-state index contributed by atoms with van der Waals surface area (Å²) in [5.41, 5.74) is 0. The molecule has 2 amide bonds. The summed E-state index contributed by atoms with van der Waals surface area (Å²) < 4.78 is 4.89. The van der Waals surface area contributed by atoms with Gasteiger partial charge >= 0.3 is 0 Å². The first-order valence-electron chi connectivity index (χ1n) is 6.97. The summed E-state index contributed by atoms with van der Waals surface area (Å²) >= 11 is 0. The van der Waals surface area contributed by atoms with Gasteiger partial charge in [0.1, 0.15) is 5.76 Å². The van der Waals surface area contributed by atoms with Gasteiger partial charge in [-0.3, -0.25) is 9.59 Å². The van der Waals surface area contributed by atoms with Crippen molar-refractivity contribution in [1.29, 1.82) is 0 Å². The van der Waals surface area contributed by atoms with Gasteiger partial charge in [0, 0.05) is 18.5 Å². The van der Waals surface area contributed by atoms with Gasteiger partial charge in [0.15, 0.2) is 5.82 Å². The van der Waals surface area contributed by atoms with E-state index < -0.39 is 0 Å². The lowest BCUT2D eigenvalue weighted by Gasteiger charge is -2.23. The molecule has 6 heteroatoms. The van der Waals surface area contributed by atoms with Gasteiger partial charge in [-0.05, 0) is 25.7 Å². The van der Waals surface area contributed by atoms with E-state index >= 15 is 0 Å². The molecule has 1 aliphatic carbocycles.